The Balaban J connectivity index is 1.99. The van der Waals surface area contributed by atoms with Crippen molar-refractivity contribution >= 4 is 44.2 Å². The molecule has 3 aromatic rings. The van der Waals surface area contributed by atoms with Gasteiger partial charge in [-0.15, -0.1) is 0 Å². The molecule has 130 valence electrons. The number of quaternary nitrogens is 1. The zero-order chi connectivity index (χ0) is 18.0. The second-order valence-corrected chi connectivity index (χ2v) is 7.45. The van der Waals surface area contributed by atoms with Crippen LogP contribution in [-0.2, 0) is 0 Å². The molecule has 25 heavy (non-hydrogen) atoms. The number of fused-ring (bicyclic) bond motifs is 1. The van der Waals surface area contributed by atoms with E-state index in [1.54, 1.807) is 35.2 Å². The summed E-state index contributed by atoms with van der Waals surface area (Å²) in [6.07, 6.45) is 0. The van der Waals surface area contributed by atoms with Crippen molar-refractivity contribution in [2.45, 2.75) is 0 Å². The molecule has 0 fully saturated rings. The van der Waals surface area contributed by atoms with E-state index in [9.17, 15) is 9.18 Å². The third-order valence-electron chi connectivity index (χ3n) is 3.76. The largest absolute Gasteiger partial charge is 0.338 e. The lowest BCUT2D eigenvalue weighted by molar-refractivity contribution is -0.856. The summed E-state index contributed by atoms with van der Waals surface area (Å²) in [5, 5.41) is 1.07. The van der Waals surface area contributed by atoms with Crippen LogP contribution in [0.3, 0.4) is 0 Å². The molecule has 0 atom stereocenters. The van der Waals surface area contributed by atoms with E-state index >= 15 is 0 Å². The third-order valence-corrected chi connectivity index (χ3v) is 5.06. The van der Waals surface area contributed by atoms with E-state index in [-0.39, 0.29) is 11.7 Å². The van der Waals surface area contributed by atoms with Gasteiger partial charge in [-0.1, -0.05) is 29.0 Å². The predicted octanol–water partition coefficient (Wildman–Crippen LogP) is 2.88. The summed E-state index contributed by atoms with van der Waals surface area (Å²) in [6, 6.07) is 11.6. The average molecular weight is 379 g/mol. The van der Waals surface area contributed by atoms with E-state index in [0.717, 1.165) is 11.2 Å². The molecule has 1 heterocycles. The number of benzene rings is 2. The monoisotopic (exact) mass is 378 g/mol. The number of hydrogen-bond acceptors (Lipinski definition) is 3. The van der Waals surface area contributed by atoms with Crippen LogP contribution in [-0.4, -0.2) is 38.1 Å². The van der Waals surface area contributed by atoms with Gasteiger partial charge < -0.3 is 4.90 Å². The fourth-order valence-corrected chi connectivity index (χ4v) is 3.52. The van der Waals surface area contributed by atoms with Crippen molar-refractivity contribution in [3.05, 3.63) is 58.9 Å². The van der Waals surface area contributed by atoms with Crippen molar-refractivity contribution in [1.82, 2.24) is 4.98 Å². The van der Waals surface area contributed by atoms with Crippen LogP contribution in [0.15, 0.2) is 42.5 Å². The highest BCUT2D eigenvalue weighted by Crippen LogP contribution is 2.31. The molecule has 1 amide bonds. The smallest absolute Gasteiger partial charge is 0.260 e. The van der Waals surface area contributed by atoms with Gasteiger partial charge in [0.25, 0.3) is 5.91 Å². The van der Waals surface area contributed by atoms with Crippen LogP contribution >= 0.6 is 22.9 Å². The molecule has 1 N–H and O–H groups in total. The standard InChI is InChI=1S/C18H17ClFN3OS/c1-22(2)10-11-23(17(24)12-6-8-13(19)9-7-12)18-21-16-14(20)4-3-5-15(16)25-18/h3-9H,10-11H2,1-2H3/p+1. The molecule has 2 aromatic carbocycles. The number of aromatic nitrogens is 1. The average Bonchev–Trinajstić information content (AvgIpc) is 3.00. The first kappa shape index (κ1) is 17.8. The van der Waals surface area contributed by atoms with Gasteiger partial charge >= 0.3 is 0 Å². The summed E-state index contributed by atoms with van der Waals surface area (Å²) in [6.45, 7) is 1.24. The molecule has 0 aliphatic rings. The second-order valence-electron chi connectivity index (χ2n) is 6.00. The summed E-state index contributed by atoms with van der Waals surface area (Å²) in [4.78, 5) is 20.2. The Morgan fingerprint density at radius 1 is 1.24 bits per heavy atom. The molecule has 0 bridgehead atoms. The van der Waals surface area contributed by atoms with Gasteiger partial charge in [-0.25, -0.2) is 9.37 Å². The molecule has 0 radical (unpaired) electrons. The predicted molar refractivity (Wildman–Crippen MR) is 100 cm³/mol. The summed E-state index contributed by atoms with van der Waals surface area (Å²) in [5.74, 6) is -0.547. The van der Waals surface area contributed by atoms with Crippen molar-refractivity contribution in [1.29, 1.82) is 0 Å². The highest BCUT2D eigenvalue weighted by molar-refractivity contribution is 7.22. The van der Waals surface area contributed by atoms with Gasteiger partial charge in [0.05, 0.1) is 31.9 Å². The molecule has 1 aromatic heterocycles. The zero-order valence-corrected chi connectivity index (χ0v) is 15.5. The number of thiazole rings is 1. The van der Waals surface area contributed by atoms with E-state index in [1.807, 2.05) is 20.2 Å². The Morgan fingerprint density at radius 2 is 1.96 bits per heavy atom. The molecule has 4 nitrogen and oxygen atoms in total. The molecule has 0 unspecified atom stereocenters. The number of hydrogen-bond donors (Lipinski definition) is 1. The molecule has 0 saturated heterocycles. The van der Waals surface area contributed by atoms with Gasteiger partial charge in [0.15, 0.2) is 5.13 Å². The van der Waals surface area contributed by atoms with Crippen LogP contribution in [0.4, 0.5) is 9.52 Å². The third kappa shape index (κ3) is 3.98. The number of likely N-dealkylation sites (N-methyl/N-ethyl adjacent to an activating group) is 1. The van der Waals surface area contributed by atoms with E-state index in [0.29, 0.717) is 27.8 Å². The van der Waals surface area contributed by atoms with Crippen LogP contribution in [0.25, 0.3) is 10.2 Å². The van der Waals surface area contributed by atoms with E-state index in [4.69, 9.17) is 11.6 Å². The SMILES string of the molecule is C[NH+](C)CCN(C(=O)c1ccc(Cl)cc1)c1nc2c(F)cccc2s1. The summed E-state index contributed by atoms with van der Waals surface area (Å²) in [7, 11) is 4.03. The lowest BCUT2D eigenvalue weighted by Gasteiger charge is -2.20. The summed E-state index contributed by atoms with van der Waals surface area (Å²) < 4.78 is 14.7. The number of nitrogens with zero attached hydrogens (tertiary/aromatic N) is 2. The number of carbonyl (C=O) groups is 1. The second kappa shape index (κ2) is 7.47. The van der Waals surface area contributed by atoms with Crippen LogP contribution in [0, 0.1) is 5.82 Å². The van der Waals surface area contributed by atoms with Crippen molar-refractivity contribution in [2.24, 2.45) is 0 Å². The van der Waals surface area contributed by atoms with E-state index in [2.05, 4.69) is 4.98 Å². The quantitative estimate of drug-likeness (QED) is 0.741. The van der Waals surface area contributed by atoms with Crippen molar-refractivity contribution < 1.29 is 14.1 Å². The Kier molecular flexibility index (Phi) is 5.32. The van der Waals surface area contributed by atoms with Gasteiger partial charge in [0.1, 0.15) is 11.3 Å². The number of halogens is 2. The van der Waals surface area contributed by atoms with E-state index < -0.39 is 0 Å². The van der Waals surface area contributed by atoms with Gasteiger partial charge in [0.2, 0.25) is 0 Å². The Bertz CT molecular complexity index is 895. The number of nitrogens with one attached hydrogen (secondary N) is 1. The first-order valence-corrected chi connectivity index (χ1v) is 9.06. The lowest BCUT2D eigenvalue weighted by atomic mass is 10.2. The summed E-state index contributed by atoms with van der Waals surface area (Å²) in [5.41, 5.74) is 0.825. The topological polar surface area (TPSA) is 37.6 Å². The van der Waals surface area contributed by atoms with Crippen LogP contribution in [0.2, 0.25) is 5.02 Å². The van der Waals surface area contributed by atoms with Crippen molar-refractivity contribution in [2.75, 3.05) is 32.1 Å². The number of rotatable bonds is 5. The fourth-order valence-electron chi connectivity index (χ4n) is 2.39. The Hall–Kier alpha value is -2.02. The van der Waals surface area contributed by atoms with Gasteiger partial charge in [0, 0.05) is 10.6 Å². The summed E-state index contributed by atoms with van der Waals surface area (Å²) >= 11 is 7.22. The Morgan fingerprint density at radius 3 is 2.60 bits per heavy atom. The van der Waals surface area contributed by atoms with Gasteiger partial charge in [-0.2, -0.15) is 0 Å². The molecular formula is C18H18ClFN3OS+. The van der Waals surface area contributed by atoms with Crippen LogP contribution < -0.4 is 9.80 Å². The van der Waals surface area contributed by atoms with Crippen LogP contribution in [0.5, 0.6) is 0 Å². The molecular weight excluding hydrogens is 361 g/mol. The number of carbonyl (C=O) groups excluding carboxylic acids is 1. The minimum absolute atomic E-state index is 0.169. The van der Waals surface area contributed by atoms with Crippen molar-refractivity contribution in [3.8, 4) is 0 Å². The molecule has 0 aliphatic heterocycles. The highest BCUT2D eigenvalue weighted by atomic mass is 35.5. The molecule has 3 rings (SSSR count). The maximum absolute atomic E-state index is 14.0. The van der Waals surface area contributed by atoms with Gasteiger partial charge in [-0.05, 0) is 36.4 Å². The lowest BCUT2D eigenvalue weighted by Crippen LogP contribution is -3.06. The molecule has 7 heteroatoms. The molecule has 0 spiro atoms. The Labute approximate surface area is 154 Å². The van der Waals surface area contributed by atoms with E-state index in [1.165, 1.54) is 22.3 Å². The zero-order valence-electron chi connectivity index (χ0n) is 13.9. The number of anilines is 1. The first-order chi connectivity index (χ1) is 12.0. The minimum Gasteiger partial charge on any atom is -0.338 e. The van der Waals surface area contributed by atoms with Crippen molar-refractivity contribution in [3.63, 3.8) is 0 Å². The normalized spacial score (nSPS) is 11.2. The molecule has 0 aliphatic carbocycles. The van der Waals surface area contributed by atoms with Crippen LogP contribution in [0.1, 0.15) is 10.4 Å². The fraction of sp³-hybridized carbons (Fsp3) is 0.222. The number of amides is 1. The maximum atomic E-state index is 14.0. The highest BCUT2D eigenvalue weighted by Gasteiger charge is 2.22. The number of para-hydroxylation sites is 1. The minimum atomic E-state index is -0.378. The first-order valence-electron chi connectivity index (χ1n) is 7.87. The van der Waals surface area contributed by atoms with Gasteiger partial charge in [-0.3, -0.25) is 9.69 Å². The maximum Gasteiger partial charge on any atom is 0.260 e. The molecule has 0 saturated carbocycles.